The van der Waals surface area contributed by atoms with E-state index in [9.17, 15) is 14.4 Å². The Kier molecular flexibility index (Phi) is 8.58. The van der Waals surface area contributed by atoms with Gasteiger partial charge in [-0.1, -0.05) is 67.8 Å². The van der Waals surface area contributed by atoms with Crippen molar-refractivity contribution in [1.82, 2.24) is 10.2 Å². The number of aliphatic imine (C=N–C) groups is 1. The standard InChI is InChI=1S/C34H42N4O4/c1-23-9-8-14-28-30(27-12-6-3-7-13-27)35-32(36-34(41)42-22-26-10-4-2-5-11-26)33(40)38(31(23)28)21-29(39)37-19-24-15-16-25(20-37)18-17-24/h2,4-5,8-11,14,24-25,27,32H,3,6-7,12-13,15-22H2,1H3,(H,36,41)/t24?,25?,32-/m1/s1. The van der Waals surface area contributed by atoms with Crippen molar-refractivity contribution in [1.29, 1.82) is 0 Å². The van der Waals surface area contributed by atoms with Crippen LogP contribution < -0.4 is 10.2 Å². The van der Waals surface area contributed by atoms with Crippen LogP contribution in [0.4, 0.5) is 10.5 Å². The largest absolute Gasteiger partial charge is 0.445 e. The van der Waals surface area contributed by atoms with Crippen LogP contribution in [0.3, 0.4) is 0 Å². The smallest absolute Gasteiger partial charge is 0.409 e. The van der Waals surface area contributed by atoms with Gasteiger partial charge in [0.15, 0.2) is 0 Å². The number of carbonyl (C=O) groups excluding carboxylic acids is 3. The second-order valence-electron chi connectivity index (χ2n) is 12.5. The maximum atomic E-state index is 14.3. The molecule has 2 aromatic carbocycles. The number of benzodiazepines with no additional fused rings is 1. The van der Waals surface area contributed by atoms with Crippen molar-refractivity contribution >= 4 is 29.3 Å². The molecule has 8 heteroatoms. The average molecular weight is 571 g/mol. The van der Waals surface area contributed by atoms with Crippen molar-refractivity contribution < 1.29 is 19.1 Å². The van der Waals surface area contributed by atoms with Crippen LogP contribution in [0.5, 0.6) is 0 Å². The predicted molar refractivity (Wildman–Crippen MR) is 162 cm³/mol. The van der Waals surface area contributed by atoms with Gasteiger partial charge in [-0.05, 0) is 68.4 Å². The van der Waals surface area contributed by atoms with Gasteiger partial charge < -0.3 is 9.64 Å². The first kappa shape index (κ1) is 28.4. The second-order valence-corrected chi connectivity index (χ2v) is 12.5. The highest BCUT2D eigenvalue weighted by molar-refractivity contribution is 6.15. The summed E-state index contributed by atoms with van der Waals surface area (Å²) in [5.74, 6) is 0.823. The topological polar surface area (TPSA) is 91.3 Å². The Morgan fingerprint density at radius 1 is 0.905 bits per heavy atom. The molecular weight excluding hydrogens is 528 g/mol. The summed E-state index contributed by atoms with van der Waals surface area (Å²) in [6, 6.07) is 15.4. The van der Waals surface area contributed by atoms with E-state index < -0.39 is 18.2 Å². The molecule has 8 nitrogen and oxygen atoms in total. The van der Waals surface area contributed by atoms with E-state index in [4.69, 9.17) is 9.73 Å². The SMILES string of the molecule is Cc1cccc2c1N(CC(=O)N1CC3CCC(CC3)C1)C(=O)[C@@H](NC(=O)OCc1ccccc1)N=C2C1CCCCC1. The summed E-state index contributed by atoms with van der Waals surface area (Å²) < 4.78 is 5.49. The molecule has 222 valence electrons. The van der Waals surface area contributed by atoms with Gasteiger partial charge in [0.1, 0.15) is 13.2 Å². The zero-order valence-corrected chi connectivity index (χ0v) is 24.6. The number of aryl methyl sites for hydroxylation is 1. The summed E-state index contributed by atoms with van der Waals surface area (Å²) in [6.07, 6.45) is 8.20. The third kappa shape index (κ3) is 6.22. The Morgan fingerprint density at radius 3 is 2.29 bits per heavy atom. The van der Waals surface area contributed by atoms with Crippen LogP contribution in [0.1, 0.15) is 74.5 Å². The minimum atomic E-state index is -1.18. The fourth-order valence-electron chi connectivity index (χ4n) is 7.31. The normalized spacial score (nSPS) is 24.4. The molecule has 2 aliphatic carbocycles. The summed E-state index contributed by atoms with van der Waals surface area (Å²) in [7, 11) is 0. The van der Waals surface area contributed by atoms with Crippen LogP contribution in [-0.2, 0) is 20.9 Å². The molecule has 1 atom stereocenters. The van der Waals surface area contributed by atoms with E-state index in [0.717, 1.165) is 66.9 Å². The van der Waals surface area contributed by atoms with Gasteiger partial charge >= 0.3 is 6.09 Å². The molecule has 2 saturated carbocycles. The van der Waals surface area contributed by atoms with E-state index in [-0.39, 0.29) is 25.0 Å². The number of hydrogen-bond acceptors (Lipinski definition) is 5. The number of para-hydroxylation sites is 1. The van der Waals surface area contributed by atoms with Gasteiger partial charge in [0.25, 0.3) is 5.91 Å². The van der Waals surface area contributed by atoms with Gasteiger partial charge in [-0.3, -0.25) is 24.8 Å². The van der Waals surface area contributed by atoms with Crippen LogP contribution in [0, 0.1) is 24.7 Å². The summed E-state index contributed by atoms with van der Waals surface area (Å²) in [5.41, 5.74) is 4.24. The van der Waals surface area contributed by atoms with Crippen molar-refractivity contribution in [3.8, 4) is 0 Å². The minimum absolute atomic E-state index is 0.0390. The maximum Gasteiger partial charge on any atom is 0.409 e. The van der Waals surface area contributed by atoms with E-state index in [0.29, 0.717) is 11.8 Å². The zero-order valence-electron chi connectivity index (χ0n) is 24.6. The van der Waals surface area contributed by atoms with Gasteiger partial charge in [0, 0.05) is 24.6 Å². The van der Waals surface area contributed by atoms with Gasteiger partial charge in [-0.2, -0.15) is 0 Å². The number of hydrogen-bond donors (Lipinski definition) is 1. The molecule has 3 heterocycles. The van der Waals surface area contributed by atoms with Crippen molar-refractivity contribution in [3.05, 3.63) is 65.2 Å². The van der Waals surface area contributed by atoms with E-state index in [1.165, 1.54) is 32.1 Å². The monoisotopic (exact) mass is 570 g/mol. The number of nitrogens with one attached hydrogen (secondary N) is 1. The number of amides is 3. The van der Waals surface area contributed by atoms with Crippen LogP contribution in [0.2, 0.25) is 0 Å². The Morgan fingerprint density at radius 2 is 1.60 bits per heavy atom. The Labute approximate surface area is 248 Å². The molecule has 0 radical (unpaired) electrons. The van der Waals surface area contributed by atoms with Gasteiger partial charge in [0.2, 0.25) is 12.1 Å². The van der Waals surface area contributed by atoms with E-state index in [1.54, 1.807) is 4.90 Å². The lowest BCUT2D eigenvalue weighted by molar-refractivity contribution is -0.132. The molecule has 3 aliphatic heterocycles. The predicted octanol–water partition coefficient (Wildman–Crippen LogP) is 5.61. The third-order valence-corrected chi connectivity index (χ3v) is 9.58. The fraction of sp³-hybridized carbons (Fsp3) is 0.529. The van der Waals surface area contributed by atoms with Crippen molar-refractivity contribution in [2.24, 2.45) is 22.7 Å². The lowest BCUT2D eigenvalue weighted by atomic mass is 9.82. The van der Waals surface area contributed by atoms with Crippen LogP contribution in [0.15, 0.2) is 53.5 Å². The molecule has 0 spiro atoms. The first-order valence-corrected chi connectivity index (χ1v) is 15.7. The molecule has 2 saturated heterocycles. The number of rotatable bonds is 6. The number of fused-ring (bicyclic) bond motifs is 5. The van der Waals surface area contributed by atoms with Crippen molar-refractivity contribution in [3.63, 3.8) is 0 Å². The summed E-state index contributed by atoms with van der Waals surface area (Å²) in [5, 5.41) is 2.75. The van der Waals surface area contributed by atoms with E-state index >= 15 is 0 Å². The first-order valence-electron chi connectivity index (χ1n) is 15.7. The second kappa shape index (κ2) is 12.7. The molecule has 4 fully saturated rings. The number of nitrogens with zero attached hydrogens (tertiary/aromatic N) is 3. The molecule has 2 aromatic rings. The quantitative estimate of drug-likeness (QED) is 0.489. The lowest BCUT2D eigenvalue weighted by Gasteiger charge is -2.30. The van der Waals surface area contributed by atoms with Gasteiger partial charge in [-0.25, -0.2) is 4.79 Å². The van der Waals surface area contributed by atoms with Gasteiger partial charge in [0.05, 0.1) is 11.4 Å². The summed E-state index contributed by atoms with van der Waals surface area (Å²) in [6.45, 7) is 3.52. The first-order chi connectivity index (χ1) is 20.5. The van der Waals surface area contributed by atoms with Crippen molar-refractivity contribution in [2.45, 2.75) is 77.5 Å². The van der Waals surface area contributed by atoms with Gasteiger partial charge in [-0.15, -0.1) is 0 Å². The molecule has 3 amide bonds. The molecular formula is C34H42N4O4. The zero-order chi connectivity index (χ0) is 29.1. The Hall–Kier alpha value is -3.68. The highest BCUT2D eigenvalue weighted by atomic mass is 16.5. The van der Waals surface area contributed by atoms with E-state index in [2.05, 4.69) is 5.32 Å². The fourth-order valence-corrected chi connectivity index (χ4v) is 7.31. The van der Waals surface area contributed by atoms with E-state index in [1.807, 2.05) is 60.4 Å². The highest BCUT2D eigenvalue weighted by Crippen LogP contribution is 2.37. The Balaban J connectivity index is 1.30. The number of benzene rings is 2. The summed E-state index contributed by atoms with van der Waals surface area (Å²) >= 11 is 0. The molecule has 5 aliphatic rings. The third-order valence-electron chi connectivity index (χ3n) is 9.58. The van der Waals surface area contributed by atoms with Crippen LogP contribution in [0.25, 0.3) is 0 Å². The van der Waals surface area contributed by atoms with Crippen LogP contribution in [-0.4, -0.2) is 54.3 Å². The molecule has 2 bridgehead atoms. The Bertz CT molecular complexity index is 1310. The summed E-state index contributed by atoms with van der Waals surface area (Å²) in [4.78, 5) is 49.7. The lowest BCUT2D eigenvalue weighted by Crippen LogP contribution is -2.51. The minimum Gasteiger partial charge on any atom is -0.445 e. The highest BCUT2D eigenvalue weighted by Gasteiger charge is 2.39. The number of ether oxygens (including phenoxy) is 1. The van der Waals surface area contributed by atoms with Crippen molar-refractivity contribution in [2.75, 3.05) is 24.5 Å². The maximum absolute atomic E-state index is 14.3. The molecule has 7 rings (SSSR count). The molecule has 1 N–H and O–H groups in total. The molecule has 0 unspecified atom stereocenters. The molecule has 0 aromatic heterocycles. The number of alkyl carbamates (subject to hydrolysis) is 1. The number of carbonyl (C=O) groups is 3. The number of anilines is 1. The van der Waals surface area contributed by atoms with Crippen LogP contribution >= 0.6 is 0 Å². The molecule has 42 heavy (non-hydrogen) atoms. The average Bonchev–Trinajstić information content (AvgIpc) is 3.40.